The van der Waals surface area contributed by atoms with Crippen LogP contribution in [-0.2, 0) is 19.5 Å². The van der Waals surface area contributed by atoms with E-state index in [2.05, 4.69) is 54.9 Å². The van der Waals surface area contributed by atoms with E-state index in [1.807, 2.05) is 42.7 Å². The zero-order chi connectivity index (χ0) is 39.5. The molecule has 2 aliphatic carbocycles. The van der Waals surface area contributed by atoms with Crippen LogP contribution in [-0.4, -0.2) is 114 Å². The molecule has 4 heterocycles. The summed E-state index contributed by atoms with van der Waals surface area (Å²) >= 11 is 4.01. The van der Waals surface area contributed by atoms with E-state index < -0.39 is 10.0 Å². The molecule has 0 radical (unpaired) electrons. The minimum atomic E-state index is -3.73. The molecule has 0 bridgehead atoms. The van der Waals surface area contributed by atoms with Gasteiger partial charge in [-0.3, -0.25) is 0 Å². The number of aromatic amines is 1. The van der Waals surface area contributed by atoms with E-state index in [1.165, 1.54) is 60.3 Å². The lowest BCUT2D eigenvalue weighted by atomic mass is 9.86. The first kappa shape index (κ1) is 42.2. The number of aromatic nitrogens is 6. The van der Waals surface area contributed by atoms with Gasteiger partial charge >= 0.3 is 0 Å². The van der Waals surface area contributed by atoms with E-state index in [-0.39, 0.29) is 4.90 Å². The number of hydrogen-bond acceptors (Lipinski definition) is 12. The standard InChI is InChI=1S/C24H32N4O3S2.C17H26N4OS/c1-18-4-10-21(11-5-18)33(29,30)28-13-12-22-23(25-17-26-24(22)28)27(2)20-8-6-19(7-9-20)16-32-15-14-31-3;1-21(17-15-7-8-18-16(15)19-12-20-17)14-5-3-13(4-6-14)11-23-10-9-22-2/h4-5,10-13,17,19-20H,6-9,14-16H2,1-3H3;7-8,12-14H,3-6,9-11H2,1-2H3,(H,18,19,20). The number of benzene rings is 1. The van der Waals surface area contributed by atoms with Gasteiger partial charge < -0.3 is 24.3 Å². The maximum Gasteiger partial charge on any atom is 0.269 e. The fourth-order valence-corrected chi connectivity index (χ4v) is 11.4. The van der Waals surface area contributed by atoms with Crippen molar-refractivity contribution in [1.82, 2.24) is 28.9 Å². The number of nitrogens with zero attached hydrogens (tertiary/aromatic N) is 7. The van der Waals surface area contributed by atoms with Gasteiger partial charge in [-0.2, -0.15) is 23.5 Å². The van der Waals surface area contributed by atoms with Crippen molar-refractivity contribution < 1.29 is 17.9 Å². The monoisotopic (exact) mass is 822 g/mol. The number of H-pyrrole nitrogens is 1. The Hall–Kier alpha value is -3.37. The van der Waals surface area contributed by atoms with Crippen LogP contribution in [0.2, 0.25) is 0 Å². The number of methoxy groups -OCH3 is 2. The van der Waals surface area contributed by atoms with Crippen LogP contribution >= 0.6 is 23.5 Å². The summed E-state index contributed by atoms with van der Waals surface area (Å²) in [7, 11) is 4.03. The topological polar surface area (TPSA) is 131 Å². The van der Waals surface area contributed by atoms with Crippen molar-refractivity contribution in [2.24, 2.45) is 11.8 Å². The van der Waals surface area contributed by atoms with E-state index in [4.69, 9.17) is 9.47 Å². The number of hydrogen-bond donors (Lipinski definition) is 1. The fourth-order valence-electron chi connectivity index (χ4n) is 7.88. The average Bonchev–Trinajstić information content (AvgIpc) is 3.90. The van der Waals surface area contributed by atoms with Crippen LogP contribution in [0.25, 0.3) is 22.1 Å². The lowest BCUT2D eigenvalue weighted by Gasteiger charge is -2.35. The predicted molar refractivity (Wildman–Crippen MR) is 232 cm³/mol. The highest BCUT2D eigenvalue weighted by Gasteiger charge is 2.28. The molecule has 0 atom stereocenters. The predicted octanol–water partition coefficient (Wildman–Crippen LogP) is 7.68. The third-order valence-corrected chi connectivity index (χ3v) is 15.3. The zero-order valence-electron chi connectivity index (χ0n) is 33.5. The van der Waals surface area contributed by atoms with Crippen LogP contribution in [0.5, 0.6) is 0 Å². The Kier molecular flexibility index (Phi) is 15.4. The van der Waals surface area contributed by atoms with Crippen molar-refractivity contribution >= 4 is 67.2 Å². The number of fused-ring (bicyclic) bond motifs is 2. The van der Waals surface area contributed by atoms with Crippen LogP contribution in [0.3, 0.4) is 0 Å². The molecule has 2 saturated carbocycles. The number of aryl methyl sites for hydroxylation is 1. The van der Waals surface area contributed by atoms with Crippen molar-refractivity contribution in [3.8, 4) is 0 Å². The van der Waals surface area contributed by atoms with Crippen molar-refractivity contribution in [1.29, 1.82) is 0 Å². The highest BCUT2D eigenvalue weighted by atomic mass is 32.2. The van der Waals surface area contributed by atoms with E-state index in [0.717, 1.165) is 83.0 Å². The first-order chi connectivity index (χ1) is 27.2. The Morgan fingerprint density at radius 3 is 1.82 bits per heavy atom. The van der Waals surface area contributed by atoms with Crippen molar-refractivity contribution in [2.75, 3.05) is 74.3 Å². The van der Waals surface area contributed by atoms with Crippen molar-refractivity contribution in [3.05, 3.63) is 67.0 Å². The molecule has 4 aromatic heterocycles. The summed E-state index contributed by atoms with van der Waals surface area (Å²) in [6, 6.07) is 11.7. The molecule has 0 saturated heterocycles. The van der Waals surface area contributed by atoms with Gasteiger partial charge in [-0.05, 0) is 106 Å². The molecule has 12 nitrogen and oxygen atoms in total. The molecule has 2 aliphatic rings. The third kappa shape index (κ3) is 10.4. The normalized spacial score (nSPS) is 20.2. The molecule has 5 aromatic rings. The SMILES string of the molecule is COCCSCC1CCC(N(C)c2ncnc3[nH]ccc23)CC1.COCCSCC1CCC(N(C)c2ncnc3c2ccn3S(=O)(=O)c2ccc(C)cc2)CC1. The Balaban J connectivity index is 0.000000202. The van der Waals surface area contributed by atoms with Gasteiger partial charge in [0.1, 0.15) is 29.9 Å². The first-order valence-corrected chi connectivity index (χ1v) is 23.5. The van der Waals surface area contributed by atoms with Gasteiger partial charge in [-0.25, -0.2) is 32.3 Å². The van der Waals surface area contributed by atoms with Gasteiger partial charge in [0, 0.05) is 64.3 Å². The molecule has 0 unspecified atom stereocenters. The molecule has 1 N–H and O–H groups in total. The highest BCUT2D eigenvalue weighted by molar-refractivity contribution is 7.99. The second kappa shape index (κ2) is 20.4. The van der Waals surface area contributed by atoms with Crippen LogP contribution < -0.4 is 9.80 Å². The van der Waals surface area contributed by atoms with Gasteiger partial charge in [0.25, 0.3) is 10.0 Å². The molecule has 0 aliphatic heterocycles. The molecular formula is C41H58N8O4S3. The summed E-state index contributed by atoms with van der Waals surface area (Å²) < 4.78 is 38.0. The zero-order valence-corrected chi connectivity index (χ0v) is 35.9. The molecule has 1 aromatic carbocycles. The Morgan fingerprint density at radius 2 is 1.27 bits per heavy atom. The highest BCUT2D eigenvalue weighted by Crippen LogP contribution is 2.35. The van der Waals surface area contributed by atoms with E-state index in [1.54, 1.807) is 51.0 Å². The molecule has 0 amide bonds. The lowest BCUT2D eigenvalue weighted by Crippen LogP contribution is -2.36. The van der Waals surface area contributed by atoms with Crippen LogP contribution in [0, 0.1) is 18.8 Å². The van der Waals surface area contributed by atoms with Gasteiger partial charge in [-0.15, -0.1) is 0 Å². The number of nitrogens with one attached hydrogen (secondary N) is 1. The quantitative estimate of drug-likeness (QED) is 0.0980. The molecule has 7 rings (SSSR count). The van der Waals surface area contributed by atoms with Crippen molar-refractivity contribution in [3.63, 3.8) is 0 Å². The molecular weight excluding hydrogens is 765 g/mol. The minimum Gasteiger partial charge on any atom is -0.384 e. The average molecular weight is 823 g/mol. The molecule has 0 spiro atoms. The first-order valence-electron chi connectivity index (χ1n) is 19.7. The second-order valence-corrected chi connectivity index (χ2v) is 19.1. The Bertz CT molecular complexity index is 2060. The summed E-state index contributed by atoms with van der Waals surface area (Å²) in [5, 5.41) is 1.88. The number of anilines is 2. The largest absolute Gasteiger partial charge is 0.384 e. The maximum atomic E-state index is 13.2. The van der Waals surface area contributed by atoms with Crippen LogP contribution in [0.1, 0.15) is 56.9 Å². The molecule has 56 heavy (non-hydrogen) atoms. The second-order valence-electron chi connectivity index (χ2n) is 15.0. The van der Waals surface area contributed by atoms with Crippen LogP contribution in [0.4, 0.5) is 11.6 Å². The summed E-state index contributed by atoms with van der Waals surface area (Å²) in [5.41, 5.74) is 2.35. The number of rotatable bonds is 16. The maximum absolute atomic E-state index is 13.2. The van der Waals surface area contributed by atoms with Gasteiger partial charge in [-0.1, -0.05) is 17.7 Å². The van der Waals surface area contributed by atoms with Crippen LogP contribution in [0.15, 0.2) is 66.3 Å². The van der Waals surface area contributed by atoms with E-state index in [0.29, 0.717) is 17.7 Å². The summed E-state index contributed by atoms with van der Waals surface area (Å²) in [6.07, 6.45) is 16.4. The summed E-state index contributed by atoms with van der Waals surface area (Å²) in [6.45, 7) is 3.61. The smallest absolute Gasteiger partial charge is 0.269 e. The molecule has 15 heteroatoms. The summed E-state index contributed by atoms with van der Waals surface area (Å²) in [4.78, 5) is 25.7. The van der Waals surface area contributed by atoms with Gasteiger partial charge in [0.15, 0.2) is 5.65 Å². The summed E-state index contributed by atoms with van der Waals surface area (Å²) in [5.74, 6) is 8.08. The molecule has 304 valence electrons. The third-order valence-electron chi connectivity index (χ3n) is 11.3. The fraction of sp³-hybridized carbons (Fsp3) is 0.561. The van der Waals surface area contributed by atoms with E-state index in [9.17, 15) is 8.42 Å². The van der Waals surface area contributed by atoms with E-state index >= 15 is 0 Å². The number of thioether (sulfide) groups is 2. The van der Waals surface area contributed by atoms with Gasteiger partial charge in [0.05, 0.1) is 28.9 Å². The molecule has 2 fully saturated rings. The Labute approximate surface area is 341 Å². The van der Waals surface area contributed by atoms with Gasteiger partial charge in [0.2, 0.25) is 0 Å². The lowest BCUT2D eigenvalue weighted by molar-refractivity contribution is 0.218. The minimum absolute atomic E-state index is 0.251. The Morgan fingerprint density at radius 1 is 0.732 bits per heavy atom. The number of ether oxygens (including phenoxy) is 2. The van der Waals surface area contributed by atoms with Crippen molar-refractivity contribution in [2.45, 2.75) is 75.3 Å².